The van der Waals surface area contributed by atoms with Crippen LogP contribution in [0.4, 0.5) is 0 Å². The first kappa shape index (κ1) is 16.4. The lowest BCUT2D eigenvalue weighted by Crippen LogP contribution is -1.91. The fraction of sp³-hybridized carbons (Fsp3) is 0.158. The van der Waals surface area contributed by atoms with E-state index in [1.54, 1.807) is 18.2 Å². The molecule has 0 fully saturated rings. The summed E-state index contributed by atoms with van der Waals surface area (Å²) < 4.78 is 10.3. The molecule has 0 saturated carbocycles. The highest BCUT2D eigenvalue weighted by Crippen LogP contribution is 2.38. The molecule has 126 valence electrons. The summed E-state index contributed by atoms with van der Waals surface area (Å²) in [6.45, 7) is 2.00. The molecule has 3 rings (SSSR count). The van der Waals surface area contributed by atoms with E-state index in [-0.39, 0.29) is 17.2 Å². The van der Waals surface area contributed by atoms with Gasteiger partial charge in [0.1, 0.15) is 11.9 Å². The van der Waals surface area contributed by atoms with Gasteiger partial charge in [0.25, 0.3) is 0 Å². The molecule has 25 heavy (non-hydrogen) atoms. The van der Waals surface area contributed by atoms with E-state index in [1.165, 1.54) is 14.2 Å². The Morgan fingerprint density at radius 1 is 1.20 bits per heavy atom. The standard InChI is InChI=1S/C19H17N3O3/c1-11-4-5-14-15(6-11)22-19(21-14)13(10-20)7-12-8-16(24-2)18(23)17(9-12)25-3/h4-9,23H,1-3H3,(H,21,22)/b13-7+. The van der Waals surface area contributed by atoms with Gasteiger partial charge in [0.15, 0.2) is 11.5 Å². The third-order valence-electron chi connectivity index (χ3n) is 3.83. The van der Waals surface area contributed by atoms with Gasteiger partial charge in [-0.3, -0.25) is 0 Å². The number of nitrogens with one attached hydrogen (secondary N) is 1. The number of benzene rings is 2. The van der Waals surface area contributed by atoms with Gasteiger partial charge in [0.05, 0.1) is 30.8 Å². The maximum Gasteiger partial charge on any atom is 0.200 e. The van der Waals surface area contributed by atoms with E-state index in [9.17, 15) is 10.4 Å². The maximum absolute atomic E-state index is 9.99. The molecular weight excluding hydrogens is 318 g/mol. The van der Waals surface area contributed by atoms with Crippen molar-refractivity contribution in [2.45, 2.75) is 6.92 Å². The Kier molecular flexibility index (Phi) is 4.31. The molecule has 6 nitrogen and oxygen atoms in total. The number of fused-ring (bicyclic) bond motifs is 1. The number of aromatic hydroxyl groups is 1. The van der Waals surface area contributed by atoms with Crippen molar-refractivity contribution in [3.63, 3.8) is 0 Å². The molecule has 0 atom stereocenters. The zero-order valence-electron chi connectivity index (χ0n) is 14.1. The smallest absolute Gasteiger partial charge is 0.200 e. The fourth-order valence-corrected chi connectivity index (χ4v) is 2.57. The number of imidazole rings is 1. The number of H-pyrrole nitrogens is 1. The van der Waals surface area contributed by atoms with Gasteiger partial charge in [0, 0.05) is 0 Å². The number of nitrogens with zero attached hydrogens (tertiary/aromatic N) is 2. The van der Waals surface area contributed by atoms with Gasteiger partial charge in [-0.2, -0.15) is 5.26 Å². The number of hydrogen-bond acceptors (Lipinski definition) is 5. The van der Waals surface area contributed by atoms with E-state index in [1.807, 2.05) is 25.1 Å². The predicted molar refractivity (Wildman–Crippen MR) is 95.5 cm³/mol. The van der Waals surface area contributed by atoms with Gasteiger partial charge < -0.3 is 19.6 Å². The molecule has 0 aliphatic heterocycles. The second kappa shape index (κ2) is 6.57. The van der Waals surface area contributed by atoms with Gasteiger partial charge in [-0.1, -0.05) is 6.07 Å². The zero-order valence-corrected chi connectivity index (χ0v) is 14.1. The molecule has 0 spiro atoms. The number of ether oxygens (including phenoxy) is 2. The van der Waals surface area contributed by atoms with Crippen LogP contribution in [0.15, 0.2) is 30.3 Å². The molecule has 6 heteroatoms. The largest absolute Gasteiger partial charge is 0.502 e. The Bertz CT molecular complexity index is 987. The van der Waals surface area contributed by atoms with E-state index >= 15 is 0 Å². The number of aryl methyl sites for hydroxylation is 1. The SMILES string of the molecule is COc1cc(/C=C(\C#N)c2nc3ccc(C)cc3[nH]2)cc(OC)c1O. The van der Waals surface area contributed by atoms with Crippen molar-refractivity contribution in [2.75, 3.05) is 14.2 Å². The van der Waals surface area contributed by atoms with E-state index in [2.05, 4.69) is 16.0 Å². The van der Waals surface area contributed by atoms with Crippen molar-refractivity contribution in [1.29, 1.82) is 5.26 Å². The minimum atomic E-state index is -0.0835. The van der Waals surface area contributed by atoms with Crippen molar-refractivity contribution in [3.8, 4) is 23.3 Å². The van der Waals surface area contributed by atoms with E-state index in [0.29, 0.717) is 17.0 Å². The molecule has 0 aliphatic carbocycles. The molecule has 0 saturated heterocycles. The van der Waals surface area contributed by atoms with Crippen LogP contribution in [-0.2, 0) is 0 Å². The van der Waals surface area contributed by atoms with Crippen LogP contribution in [0.25, 0.3) is 22.7 Å². The topological polar surface area (TPSA) is 91.2 Å². The lowest BCUT2D eigenvalue weighted by atomic mass is 10.1. The molecule has 0 amide bonds. The zero-order chi connectivity index (χ0) is 18.0. The molecule has 3 aromatic rings. The molecule has 0 radical (unpaired) electrons. The lowest BCUT2D eigenvalue weighted by Gasteiger charge is -2.09. The predicted octanol–water partition coefficient (Wildman–Crippen LogP) is 3.66. The van der Waals surface area contributed by atoms with Gasteiger partial charge in [-0.15, -0.1) is 0 Å². The monoisotopic (exact) mass is 335 g/mol. The third-order valence-corrected chi connectivity index (χ3v) is 3.83. The van der Waals surface area contributed by atoms with Crippen LogP contribution in [0.2, 0.25) is 0 Å². The van der Waals surface area contributed by atoms with E-state index < -0.39 is 0 Å². The molecule has 0 unspecified atom stereocenters. The van der Waals surface area contributed by atoms with E-state index in [4.69, 9.17) is 9.47 Å². The first-order valence-electron chi connectivity index (χ1n) is 7.59. The second-order valence-electron chi connectivity index (χ2n) is 5.55. The average molecular weight is 335 g/mol. The Morgan fingerprint density at radius 3 is 2.48 bits per heavy atom. The summed E-state index contributed by atoms with van der Waals surface area (Å²) >= 11 is 0. The highest BCUT2D eigenvalue weighted by Gasteiger charge is 2.13. The van der Waals surface area contributed by atoms with E-state index in [0.717, 1.165) is 16.6 Å². The van der Waals surface area contributed by atoms with Crippen molar-refractivity contribution >= 4 is 22.7 Å². The highest BCUT2D eigenvalue weighted by molar-refractivity contribution is 5.90. The summed E-state index contributed by atoms with van der Waals surface area (Å²) in [5, 5.41) is 19.5. The van der Waals surface area contributed by atoms with Crippen LogP contribution < -0.4 is 9.47 Å². The first-order chi connectivity index (χ1) is 12.0. The lowest BCUT2D eigenvalue weighted by molar-refractivity contribution is 0.340. The van der Waals surface area contributed by atoms with Gasteiger partial charge in [-0.25, -0.2) is 4.98 Å². The summed E-state index contributed by atoms with van der Waals surface area (Å²) in [6, 6.07) is 11.3. The number of hydrogen-bond donors (Lipinski definition) is 2. The van der Waals surface area contributed by atoms with Crippen LogP contribution in [-0.4, -0.2) is 29.3 Å². The normalized spacial score (nSPS) is 11.4. The number of methoxy groups -OCH3 is 2. The number of nitriles is 1. The quantitative estimate of drug-likeness (QED) is 0.710. The minimum absolute atomic E-state index is 0.0835. The summed E-state index contributed by atoms with van der Waals surface area (Å²) in [5.41, 5.74) is 3.79. The van der Waals surface area contributed by atoms with Gasteiger partial charge in [-0.05, 0) is 48.4 Å². The summed E-state index contributed by atoms with van der Waals surface area (Å²) in [5.74, 6) is 0.931. The molecule has 1 heterocycles. The van der Waals surface area contributed by atoms with Crippen LogP contribution in [0.3, 0.4) is 0 Å². The minimum Gasteiger partial charge on any atom is -0.502 e. The average Bonchev–Trinajstić information content (AvgIpc) is 3.03. The van der Waals surface area contributed by atoms with Crippen molar-refractivity contribution in [2.24, 2.45) is 0 Å². The molecule has 0 bridgehead atoms. The van der Waals surface area contributed by atoms with Crippen molar-refractivity contribution in [1.82, 2.24) is 9.97 Å². The van der Waals surface area contributed by atoms with Crippen LogP contribution >= 0.6 is 0 Å². The summed E-state index contributed by atoms with van der Waals surface area (Å²) in [6.07, 6.45) is 1.66. The van der Waals surface area contributed by atoms with Crippen molar-refractivity contribution in [3.05, 3.63) is 47.3 Å². The summed E-state index contributed by atoms with van der Waals surface area (Å²) in [7, 11) is 2.91. The Morgan fingerprint density at radius 2 is 1.88 bits per heavy atom. The molecular formula is C19H17N3O3. The highest BCUT2D eigenvalue weighted by atomic mass is 16.5. The third kappa shape index (κ3) is 3.12. The number of phenolic OH excluding ortho intramolecular Hbond substituents is 1. The van der Waals surface area contributed by atoms with Crippen LogP contribution in [0, 0.1) is 18.3 Å². The molecule has 2 N–H and O–H groups in total. The Hall–Kier alpha value is -3.46. The first-order valence-corrected chi connectivity index (χ1v) is 7.59. The van der Waals surface area contributed by atoms with Gasteiger partial charge in [0.2, 0.25) is 5.75 Å². The maximum atomic E-state index is 9.99. The van der Waals surface area contributed by atoms with Crippen LogP contribution in [0.1, 0.15) is 17.0 Å². The van der Waals surface area contributed by atoms with Crippen molar-refractivity contribution < 1.29 is 14.6 Å². The fourth-order valence-electron chi connectivity index (χ4n) is 2.57. The number of allylic oxidation sites excluding steroid dienone is 1. The Labute approximate surface area is 145 Å². The molecule has 1 aromatic heterocycles. The number of aromatic amines is 1. The number of phenols is 1. The Balaban J connectivity index is 2.09. The number of aromatic nitrogens is 2. The van der Waals surface area contributed by atoms with Crippen LogP contribution in [0.5, 0.6) is 17.2 Å². The second-order valence-corrected chi connectivity index (χ2v) is 5.55. The summed E-state index contributed by atoms with van der Waals surface area (Å²) in [4.78, 5) is 7.63. The number of rotatable bonds is 4. The van der Waals surface area contributed by atoms with Gasteiger partial charge >= 0.3 is 0 Å². The molecule has 0 aliphatic rings. The molecule has 2 aromatic carbocycles.